The average molecular weight is 319 g/mol. The molecule has 0 radical (unpaired) electrons. The first-order valence-electron chi connectivity index (χ1n) is 7.01. The standard InChI is InChI=1S/C15H17N3O3S/c19-22(20,11-13-5-2-1-3-6-13)18-15(7-10-21-12-15)14-16-8-4-9-17-14/h1-6,8-9,18H,7,10-12H2. The summed E-state index contributed by atoms with van der Waals surface area (Å²) in [4.78, 5) is 8.41. The lowest BCUT2D eigenvalue weighted by Gasteiger charge is -2.26. The van der Waals surface area contributed by atoms with Crippen LogP contribution in [0.1, 0.15) is 17.8 Å². The summed E-state index contributed by atoms with van der Waals surface area (Å²) >= 11 is 0. The van der Waals surface area contributed by atoms with Crippen LogP contribution in [0.2, 0.25) is 0 Å². The molecule has 1 atom stereocenters. The van der Waals surface area contributed by atoms with Gasteiger partial charge in [-0.2, -0.15) is 4.72 Å². The van der Waals surface area contributed by atoms with E-state index in [2.05, 4.69) is 14.7 Å². The van der Waals surface area contributed by atoms with Crippen molar-refractivity contribution >= 4 is 10.0 Å². The maximum absolute atomic E-state index is 12.5. The van der Waals surface area contributed by atoms with Crippen molar-refractivity contribution in [3.8, 4) is 0 Å². The number of aromatic nitrogens is 2. The van der Waals surface area contributed by atoms with Crippen molar-refractivity contribution in [3.63, 3.8) is 0 Å². The second-order valence-corrected chi connectivity index (χ2v) is 7.03. The van der Waals surface area contributed by atoms with Crippen molar-refractivity contribution in [3.05, 3.63) is 60.2 Å². The van der Waals surface area contributed by atoms with Gasteiger partial charge in [0.1, 0.15) is 5.54 Å². The highest BCUT2D eigenvalue weighted by molar-refractivity contribution is 7.88. The SMILES string of the molecule is O=S(=O)(Cc1ccccc1)NC1(c2ncccn2)CCOC1. The molecule has 1 fully saturated rings. The topological polar surface area (TPSA) is 81.2 Å². The van der Waals surface area contributed by atoms with Crippen LogP contribution in [0.15, 0.2) is 48.8 Å². The zero-order chi connectivity index (χ0) is 15.5. The molecule has 0 saturated carbocycles. The first-order valence-corrected chi connectivity index (χ1v) is 8.66. The molecule has 1 N–H and O–H groups in total. The summed E-state index contributed by atoms with van der Waals surface area (Å²) in [6.07, 6.45) is 3.73. The van der Waals surface area contributed by atoms with Crippen LogP contribution in [0.5, 0.6) is 0 Å². The summed E-state index contributed by atoms with van der Waals surface area (Å²) in [6.45, 7) is 0.719. The quantitative estimate of drug-likeness (QED) is 0.896. The summed E-state index contributed by atoms with van der Waals surface area (Å²) in [6, 6.07) is 10.8. The molecule has 0 bridgehead atoms. The Kier molecular flexibility index (Phi) is 4.19. The zero-order valence-electron chi connectivity index (χ0n) is 12.0. The Morgan fingerprint density at radius 1 is 1.14 bits per heavy atom. The summed E-state index contributed by atoms with van der Waals surface area (Å²) in [7, 11) is -3.53. The second-order valence-electron chi connectivity index (χ2n) is 5.30. The normalized spacial score (nSPS) is 21.8. The van der Waals surface area contributed by atoms with Crippen molar-refractivity contribution in [1.82, 2.24) is 14.7 Å². The van der Waals surface area contributed by atoms with Gasteiger partial charge in [0.25, 0.3) is 0 Å². The number of sulfonamides is 1. The lowest BCUT2D eigenvalue weighted by atomic mass is 9.99. The predicted molar refractivity (Wildman–Crippen MR) is 81.3 cm³/mol. The molecule has 1 aromatic carbocycles. The molecule has 0 aliphatic carbocycles. The molecule has 1 unspecified atom stereocenters. The van der Waals surface area contributed by atoms with Gasteiger partial charge in [0.15, 0.2) is 5.82 Å². The van der Waals surface area contributed by atoms with E-state index in [1.807, 2.05) is 18.2 Å². The summed E-state index contributed by atoms with van der Waals surface area (Å²) in [5.74, 6) is 0.367. The fourth-order valence-corrected chi connectivity index (χ4v) is 4.09. The highest BCUT2D eigenvalue weighted by Crippen LogP contribution is 2.29. The van der Waals surface area contributed by atoms with Gasteiger partial charge in [-0.25, -0.2) is 18.4 Å². The van der Waals surface area contributed by atoms with Crippen LogP contribution in [0, 0.1) is 0 Å². The number of nitrogens with zero attached hydrogens (tertiary/aromatic N) is 2. The molecule has 3 rings (SSSR count). The van der Waals surface area contributed by atoms with E-state index in [0.717, 1.165) is 5.56 Å². The molecule has 2 heterocycles. The molecule has 7 heteroatoms. The van der Waals surface area contributed by atoms with E-state index in [1.54, 1.807) is 30.6 Å². The first-order chi connectivity index (χ1) is 10.6. The molecule has 22 heavy (non-hydrogen) atoms. The summed E-state index contributed by atoms with van der Waals surface area (Å²) in [5, 5.41) is 0. The Morgan fingerprint density at radius 3 is 2.50 bits per heavy atom. The van der Waals surface area contributed by atoms with E-state index in [9.17, 15) is 8.42 Å². The number of hydrogen-bond acceptors (Lipinski definition) is 5. The Bertz CT molecular complexity index is 714. The van der Waals surface area contributed by atoms with Crippen LogP contribution in [0.3, 0.4) is 0 Å². The number of benzene rings is 1. The summed E-state index contributed by atoms with van der Waals surface area (Å²) in [5.41, 5.74) is -0.146. The van der Waals surface area contributed by atoms with Crippen LogP contribution in [0.25, 0.3) is 0 Å². The Labute approximate surface area is 129 Å². The highest BCUT2D eigenvalue weighted by Gasteiger charge is 2.42. The first kappa shape index (κ1) is 15.1. The molecule has 1 aliphatic rings. The Morgan fingerprint density at radius 2 is 1.86 bits per heavy atom. The van der Waals surface area contributed by atoms with E-state index in [4.69, 9.17) is 4.74 Å². The lowest BCUT2D eigenvalue weighted by Crippen LogP contribution is -2.48. The number of ether oxygens (including phenoxy) is 1. The van der Waals surface area contributed by atoms with Gasteiger partial charge in [-0.15, -0.1) is 0 Å². The van der Waals surface area contributed by atoms with Crippen molar-refractivity contribution in [1.29, 1.82) is 0 Å². The fraction of sp³-hybridized carbons (Fsp3) is 0.333. The predicted octanol–water partition coefficient (Wildman–Crippen LogP) is 1.21. The molecule has 1 aliphatic heterocycles. The van der Waals surface area contributed by atoms with Crippen molar-refractivity contribution in [2.45, 2.75) is 17.7 Å². The minimum absolute atomic E-state index is 0.0809. The lowest BCUT2D eigenvalue weighted by molar-refractivity contribution is 0.171. The monoisotopic (exact) mass is 319 g/mol. The maximum atomic E-state index is 12.5. The van der Waals surface area contributed by atoms with Crippen LogP contribution in [-0.4, -0.2) is 31.6 Å². The molecule has 0 spiro atoms. The molecule has 6 nitrogen and oxygen atoms in total. The Balaban J connectivity index is 1.85. The van der Waals surface area contributed by atoms with Crippen LogP contribution in [-0.2, 0) is 26.1 Å². The zero-order valence-corrected chi connectivity index (χ0v) is 12.8. The van der Waals surface area contributed by atoms with Gasteiger partial charge in [-0.3, -0.25) is 0 Å². The molecule has 1 aromatic heterocycles. The number of rotatable bonds is 5. The second kappa shape index (κ2) is 6.12. The molecule has 2 aromatic rings. The smallest absolute Gasteiger partial charge is 0.216 e. The summed E-state index contributed by atoms with van der Waals surface area (Å²) < 4.78 is 33.2. The highest BCUT2D eigenvalue weighted by atomic mass is 32.2. The third-order valence-electron chi connectivity index (χ3n) is 3.57. The third-order valence-corrected chi connectivity index (χ3v) is 4.98. The van der Waals surface area contributed by atoms with Crippen molar-refractivity contribution in [2.24, 2.45) is 0 Å². The van der Waals surface area contributed by atoms with Crippen LogP contribution < -0.4 is 4.72 Å². The van der Waals surface area contributed by atoms with Gasteiger partial charge < -0.3 is 4.74 Å². The average Bonchev–Trinajstić information content (AvgIpc) is 2.97. The van der Waals surface area contributed by atoms with Gasteiger partial charge >= 0.3 is 0 Å². The van der Waals surface area contributed by atoms with Crippen LogP contribution in [0.4, 0.5) is 0 Å². The molecule has 1 saturated heterocycles. The number of nitrogens with one attached hydrogen (secondary N) is 1. The van der Waals surface area contributed by atoms with Gasteiger partial charge in [0, 0.05) is 19.0 Å². The van der Waals surface area contributed by atoms with E-state index in [1.165, 1.54) is 0 Å². The number of hydrogen-bond donors (Lipinski definition) is 1. The minimum atomic E-state index is -3.53. The van der Waals surface area contributed by atoms with Gasteiger partial charge in [0.2, 0.25) is 10.0 Å². The van der Waals surface area contributed by atoms with Gasteiger partial charge in [-0.05, 0) is 18.1 Å². The molecular formula is C15H17N3O3S. The van der Waals surface area contributed by atoms with Gasteiger partial charge in [0.05, 0.1) is 12.4 Å². The van der Waals surface area contributed by atoms with E-state index < -0.39 is 15.6 Å². The van der Waals surface area contributed by atoms with Gasteiger partial charge in [-0.1, -0.05) is 30.3 Å². The minimum Gasteiger partial charge on any atom is -0.379 e. The van der Waals surface area contributed by atoms with E-state index in [-0.39, 0.29) is 12.4 Å². The Hall–Kier alpha value is -1.83. The molecule has 116 valence electrons. The van der Waals surface area contributed by atoms with Crippen molar-refractivity contribution < 1.29 is 13.2 Å². The van der Waals surface area contributed by atoms with E-state index >= 15 is 0 Å². The van der Waals surface area contributed by atoms with Crippen LogP contribution >= 0.6 is 0 Å². The molecular weight excluding hydrogens is 302 g/mol. The molecule has 0 amide bonds. The maximum Gasteiger partial charge on any atom is 0.216 e. The van der Waals surface area contributed by atoms with Crippen molar-refractivity contribution in [2.75, 3.05) is 13.2 Å². The third kappa shape index (κ3) is 3.32. The van der Waals surface area contributed by atoms with E-state index in [0.29, 0.717) is 18.9 Å². The largest absolute Gasteiger partial charge is 0.379 e. The fourth-order valence-electron chi connectivity index (χ4n) is 2.54.